The van der Waals surface area contributed by atoms with Gasteiger partial charge in [-0.25, -0.2) is 4.39 Å². The lowest BCUT2D eigenvalue weighted by Gasteiger charge is -2.31. The molecule has 0 heterocycles. The molecule has 1 N–H and O–H groups in total. The number of hydrogen-bond acceptors (Lipinski definition) is 2. The molecule has 0 saturated carbocycles. The first-order valence-corrected chi connectivity index (χ1v) is 10.7. The number of nitrogens with zero attached hydrogens (tertiary/aromatic N) is 1. The Morgan fingerprint density at radius 3 is 2.27 bits per heavy atom. The molecule has 2 aromatic rings. The van der Waals surface area contributed by atoms with Crippen LogP contribution in [0.25, 0.3) is 0 Å². The van der Waals surface area contributed by atoms with Crippen LogP contribution < -0.4 is 5.32 Å². The molecular weight excluding hydrogens is 379 g/mol. The fourth-order valence-electron chi connectivity index (χ4n) is 3.40. The van der Waals surface area contributed by atoms with Crippen LogP contribution in [-0.4, -0.2) is 29.3 Å². The van der Waals surface area contributed by atoms with Crippen molar-refractivity contribution in [3.63, 3.8) is 0 Å². The van der Waals surface area contributed by atoms with E-state index in [4.69, 9.17) is 0 Å². The highest BCUT2D eigenvalue weighted by molar-refractivity contribution is 5.88. The van der Waals surface area contributed by atoms with Crippen molar-refractivity contribution in [2.75, 3.05) is 6.54 Å². The zero-order valence-corrected chi connectivity index (χ0v) is 18.5. The van der Waals surface area contributed by atoms with Crippen molar-refractivity contribution in [3.05, 3.63) is 70.5 Å². The Labute approximate surface area is 179 Å². The highest BCUT2D eigenvalue weighted by atomic mass is 19.1. The van der Waals surface area contributed by atoms with Crippen LogP contribution >= 0.6 is 0 Å². The van der Waals surface area contributed by atoms with Gasteiger partial charge in [-0.3, -0.25) is 9.59 Å². The molecule has 2 aromatic carbocycles. The lowest BCUT2D eigenvalue weighted by Crippen LogP contribution is -2.49. The summed E-state index contributed by atoms with van der Waals surface area (Å²) in [4.78, 5) is 27.7. The van der Waals surface area contributed by atoms with E-state index in [1.165, 1.54) is 17.7 Å². The molecule has 0 spiro atoms. The normalized spacial score (nSPS) is 11.8. The second kappa shape index (κ2) is 11.5. The summed E-state index contributed by atoms with van der Waals surface area (Å²) in [7, 11) is 0. The molecule has 0 saturated heterocycles. The van der Waals surface area contributed by atoms with Gasteiger partial charge in [0.05, 0.1) is 6.42 Å². The number of carbonyl (C=O) groups excluding carboxylic acids is 2. The molecule has 1 atom stereocenters. The summed E-state index contributed by atoms with van der Waals surface area (Å²) in [6, 6.07) is 11.5. The van der Waals surface area contributed by atoms with E-state index in [2.05, 4.69) is 12.2 Å². The predicted molar refractivity (Wildman–Crippen MR) is 119 cm³/mol. The van der Waals surface area contributed by atoms with E-state index in [0.717, 1.165) is 29.5 Å². The third-order valence-corrected chi connectivity index (χ3v) is 5.41. The lowest BCUT2D eigenvalue weighted by molar-refractivity contribution is -0.140. The molecular formula is C25H33FN2O2. The molecule has 2 amide bonds. The molecule has 0 fully saturated rings. The fraction of sp³-hybridized carbons (Fsp3) is 0.440. The summed E-state index contributed by atoms with van der Waals surface area (Å²) >= 11 is 0. The lowest BCUT2D eigenvalue weighted by atomic mass is 10.0. The number of unbranched alkanes of at least 4 members (excludes halogenated alkanes) is 1. The zero-order valence-electron chi connectivity index (χ0n) is 18.5. The van der Waals surface area contributed by atoms with Gasteiger partial charge < -0.3 is 10.2 Å². The Morgan fingerprint density at radius 2 is 1.67 bits per heavy atom. The quantitative estimate of drug-likeness (QED) is 0.575. The number of hydrogen-bond donors (Lipinski definition) is 1. The molecule has 0 bridgehead atoms. The number of carbonyl (C=O) groups is 2. The van der Waals surface area contributed by atoms with Crippen LogP contribution in [0.1, 0.15) is 55.4 Å². The van der Waals surface area contributed by atoms with E-state index >= 15 is 0 Å². The Kier molecular flexibility index (Phi) is 9.03. The van der Waals surface area contributed by atoms with Crippen LogP contribution in [0.2, 0.25) is 0 Å². The highest BCUT2D eigenvalue weighted by Crippen LogP contribution is 2.17. The third-order valence-electron chi connectivity index (χ3n) is 5.41. The van der Waals surface area contributed by atoms with Gasteiger partial charge in [-0.05, 0) is 61.1 Å². The van der Waals surface area contributed by atoms with Crippen LogP contribution in [0.3, 0.4) is 0 Å². The summed E-state index contributed by atoms with van der Waals surface area (Å²) in [6.07, 6.45) is 2.62. The number of aryl methyl sites for hydroxylation is 2. The zero-order chi connectivity index (χ0) is 22.1. The minimum absolute atomic E-state index is 0.111. The van der Waals surface area contributed by atoms with E-state index in [0.29, 0.717) is 13.0 Å². The Balaban J connectivity index is 2.25. The topological polar surface area (TPSA) is 49.4 Å². The van der Waals surface area contributed by atoms with Crippen molar-refractivity contribution < 1.29 is 14.0 Å². The predicted octanol–water partition coefficient (Wildman–Crippen LogP) is 4.71. The van der Waals surface area contributed by atoms with E-state index < -0.39 is 6.04 Å². The van der Waals surface area contributed by atoms with E-state index in [1.807, 2.05) is 39.0 Å². The van der Waals surface area contributed by atoms with Gasteiger partial charge in [-0.1, -0.05) is 50.6 Å². The van der Waals surface area contributed by atoms with Gasteiger partial charge in [0.1, 0.15) is 11.9 Å². The van der Waals surface area contributed by atoms with Crippen LogP contribution in [0.4, 0.5) is 4.39 Å². The molecule has 0 radical (unpaired) electrons. The third kappa shape index (κ3) is 6.68. The molecule has 0 aliphatic rings. The average molecular weight is 413 g/mol. The second-order valence-electron chi connectivity index (χ2n) is 7.81. The summed E-state index contributed by atoms with van der Waals surface area (Å²) < 4.78 is 13.3. The van der Waals surface area contributed by atoms with E-state index in [1.54, 1.807) is 17.0 Å². The van der Waals surface area contributed by atoms with E-state index in [-0.39, 0.29) is 30.6 Å². The summed E-state index contributed by atoms with van der Waals surface area (Å²) in [5.41, 5.74) is 4.03. The molecule has 30 heavy (non-hydrogen) atoms. The maximum Gasteiger partial charge on any atom is 0.242 e. The summed E-state index contributed by atoms with van der Waals surface area (Å²) in [6.45, 7) is 8.90. The van der Waals surface area contributed by atoms with Crippen LogP contribution in [0.5, 0.6) is 0 Å². The van der Waals surface area contributed by atoms with Gasteiger partial charge in [0.25, 0.3) is 0 Å². The smallest absolute Gasteiger partial charge is 0.242 e. The van der Waals surface area contributed by atoms with Gasteiger partial charge in [-0.15, -0.1) is 0 Å². The first kappa shape index (κ1) is 23.6. The van der Waals surface area contributed by atoms with Crippen molar-refractivity contribution >= 4 is 11.8 Å². The van der Waals surface area contributed by atoms with E-state index in [9.17, 15) is 14.0 Å². The maximum atomic E-state index is 13.3. The first-order valence-electron chi connectivity index (χ1n) is 10.7. The summed E-state index contributed by atoms with van der Waals surface area (Å²) in [5, 5.41) is 2.95. The largest absolute Gasteiger partial charge is 0.354 e. The van der Waals surface area contributed by atoms with Crippen LogP contribution in [0.15, 0.2) is 42.5 Å². The Hall–Kier alpha value is -2.69. The van der Waals surface area contributed by atoms with Crippen molar-refractivity contribution in [2.45, 2.75) is 66.0 Å². The number of nitrogens with one attached hydrogen (secondary N) is 1. The van der Waals surface area contributed by atoms with Gasteiger partial charge in [0, 0.05) is 13.1 Å². The van der Waals surface area contributed by atoms with Crippen molar-refractivity contribution in [1.82, 2.24) is 10.2 Å². The molecule has 2 rings (SSSR count). The molecule has 4 nitrogen and oxygen atoms in total. The molecule has 0 unspecified atom stereocenters. The van der Waals surface area contributed by atoms with Crippen LogP contribution in [0, 0.1) is 19.7 Å². The van der Waals surface area contributed by atoms with Gasteiger partial charge in [0.2, 0.25) is 11.8 Å². The molecule has 162 valence electrons. The number of amides is 2. The minimum atomic E-state index is -0.564. The minimum Gasteiger partial charge on any atom is -0.354 e. The first-order chi connectivity index (χ1) is 14.3. The number of rotatable bonds is 10. The fourth-order valence-corrected chi connectivity index (χ4v) is 3.40. The second-order valence-corrected chi connectivity index (χ2v) is 7.81. The molecule has 0 aromatic heterocycles. The highest BCUT2D eigenvalue weighted by Gasteiger charge is 2.28. The van der Waals surface area contributed by atoms with Crippen molar-refractivity contribution in [3.8, 4) is 0 Å². The number of halogens is 1. The van der Waals surface area contributed by atoms with Crippen molar-refractivity contribution in [2.24, 2.45) is 0 Å². The van der Waals surface area contributed by atoms with Gasteiger partial charge in [0.15, 0.2) is 0 Å². The standard InChI is InChI=1S/C25H33FN2O2/c1-5-7-14-27-25(30)23(6-2)28(17-20-10-12-22(26)13-11-20)24(29)16-21-9-8-18(3)19(4)15-21/h8-13,15,23H,5-7,14,16-17H2,1-4H3,(H,27,30)/t23-/m1/s1. The summed E-state index contributed by atoms with van der Waals surface area (Å²) in [5.74, 6) is -0.572. The molecule has 5 heteroatoms. The van der Waals surface area contributed by atoms with Crippen molar-refractivity contribution in [1.29, 1.82) is 0 Å². The average Bonchev–Trinajstić information content (AvgIpc) is 2.72. The van der Waals surface area contributed by atoms with Gasteiger partial charge >= 0.3 is 0 Å². The Morgan fingerprint density at radius 1 is 1.00 bits per heavy atom. The maximum absolute atomic E-state index is 13.3. The monoisotopic (exact) mass is 412 g/mol. The number of benzene rings is 2. The van der Waals surface area contributed by atoms with Gasteiger partial charge in [-0.2, -0.15) is 0 Å². The van der Waals surface area contributed by atoms with Crippen LogP contribution in [-0.2, 0) is 22.6 Å². The SMILES string of the molecule is CCCCNC(=O)[C@@H](CC)N(Cc1ccc(F)cc1)C(=O)Cc1ccc(C)c(C)c1. The Bertz CT molecular complexity index is 849. The molecule has 0 aliphatic heterocycles. The molecule has 0 aliphatic carbocycles.